The van der Waals surface area contributed by atoms with E-state index in [2.05, 4.69) is 0 Å². The second kappa shape index (κ2) is 10.9. The van der Waals surface area contributed by atoms with E-state index in [9.17, 15) is 14.7 Å². The minimum Gasteiger partial charge on any atom is -0.872 e. The summed E-state index contributed by atoms with van der Waals surface area (Å²) in [7, 11) is 2.94. The number of nitrogens with zero attached hydrogens (tertiary/aromatic N) is 1. The van der Waals surface area contributed by atoms with Crippen LogP contribution in [0.15, 0.2) is 42.0 Å². The molecule has 35 heavy (non-hydrogen) atoms. The first-order chi connectivity index (χ1) is 16.8. The highest BCUT2D eigenvalue weighted by molar-refractivity contribution is 6.46. The molecule has 0 aromatic heterocycles. The molecule has 2 heterocycles. The Morgan fingerprint density at radius 2 is 1.77 bits per heavy atom. The number of hydrogen-bond acceptors (Lipinski definition) is 6. The summed E-state index contributed by atoms with van der Waals surface area (Å²) in [6.45, 7) is 3.84. The average Bonchev–Trinajstić information content (AvgIpc) is 3.13. The van der Waals surface area contributed by atoms with Crippen LogP contribution in [0.25, 0.3) is 5.76 Å². The van der Waals surface area contributed by atoms with Gasteiger partial charge in [0.05, 0.1) is 56.6 Å². The predicted octanol–water partition coefficient (Wildman–Crippen LogP) is 1.15. The third-order valence-electron chi connectivity index (χ3n) is 6.34. The van der Waals surface area contributed by atoms with Crippen LogP contribution in [0.1, 0.15) is 17.2 Å². The van der Waals surface area contributed by atoms with E-state index in [-0.39, 0.29) is 16.2 Å². The van der Waals surface area contributed by atoms with Gasteiger partial charge in [-0.1, -0.05) is 41.1 Å². The number of quaternary nitrogens is 1. The first-order valence-electron chi connectivity index (χ1n) is 11.2. The summed E-state index contributed by atoms with van der Waals surface area (Å²) in [5.41, 5.74) is 0.626. The van der Waals surface area contributed by atoms with Gasteiger partial charge in [0.1, 0.15) is 13.1 Å². The number of rotatable bonds is 7. The van der Waals surface area contributed by atoms with Crippen molar-refractivity contribution < 1.29 is 33.8 Å². The summed E-state index contributed by atoms with van der Waals surface area (Å²) in [4.78, 5) is 29.1. The maximum atomic E-state index is 13.6. The fourth-order valence-corrected chi connectivity index (χ4v) is 4.76. The molecule has 0 aliphatic carbocycles. The van der Waals surface area contributed by atoms with E-state index in [1.54, 1.807) is 30.3 Å². The Morgan fingerprint density at radius 1 is 1.06 bits per heavy atom. The molecule has 1 amide bonds. The van der Waals surface area contributed by atoms with E-state index in [4.69, 9.17) is 37.4 Å². The van der Waals surface area contributed by atoms with Gasteiger partial charge >= 0.3 is 0 Å². The number of halogens is 2. The molecule has 1 unspecified atom stereocenters. The number of carbonyl (C=O) groups excluding carboxylic acids is 2. The zero-order valence-electron chi connectivity index (χ0n) is 19.4. The Morgan fingerprint density at radius 3 is 2.43 bits per heavy atom. The summed E-state index contributed by atoms with van der Waals surface area (Å²) in [6.07, 6.45) is 0. The molecule has 0 saturated carbocycles. The van der Waals surface area contributed by atoms with Gasteiger partial charge in [0.15, 0.2) is 11.5 Å². The summed E-state index contributed by atoms with van der Waals surface area (Å²) >= 11 is 12.4. The lowest BCUT2D eigenvalue weighted by Crippen LogP contribution is -3.14. The predicted molar refractivity (Wildman–Crippen MR) is 129 cm³/mol. The molecule has 186 valence electrons. The van der Waals surface area contributed by atoms with Crippen molar-refractivity contribution >= 4 is 40.7 Å². The fraction of sp³-hybridized carbons (Fsp3) is 0.360. The number of carbonyl (C=O) groups is 2. The molecular weight excluding hydrogens is 495 g/mol. The third kappa shape index (κ3) is 5.11. The number of amides is 1. The van der Waals surface area contributed by atoms with E-state index < -0.39 is 23.5 Å². The average molecular weight is 521 g/mol. The number of hydrogen-bond donors (Lipinski definition) is 1. The van der Waals surface area contributed by atoms with E-state index in [1.807, 2.05) is 0 Å². The fourth-order valence-electron chi connectivity index (χ4n) is 4.45. The minimum absolute atomic E-state index is 0.127. The Hall–Kier alpha value is -2.78. The van der Waals surface area contributed by atoms with E-state index in [1.165, 1.54) is 30.1 Å². The number of morpholine rings is 1. The highest BCUT2D eigenvalue weighted by atomic mass is 35.5. The molecule has 4 rings (SSSR count). The van der Waals surface area contributed by atoms with Crippen molar-refractivity contribution in [3.8, 4) is 11.5 Å². The second-order valence-corrected chi connectivity index (χ2v) is 9.14. The van der Waals surface area contributed by atoms with Gasteiger partial charge in [0.2, 0.25) is 5.78 Å². The van der Waals surface area contributed by atoms with Gasteiger partial charge in [-0.25, -0.2) is 0 Å². The molecule has 10 heteroatoms. The second-order valence-electron chi connectivity index (χ2n) is 8.33. The maximum absolute atomic E-state index is 13.6. The Labute approximate surface area is 213 Å². The van der Waals surface area contributed by atoms with Gasteiger partial charge in [-0.2, -0.15) is 0 Å². The lowest BCUT2D eigenvalue weighted by molar-refractivity contribution is -0.907. The first kappa shape index (κ1) is 25.3. The highest BCUT2D eigenvalue weighted by Crippen LogP contribution is 2.41. The van der Waals surface area contributed by atoms with Crippen molar-refractivity contribution in [1.29, 1.82) is 0 Å². The quantitative estimate of drug-likeness (QED) is 0.334. The van der Waals surface area contributed by atoms with Crippen LogP contribution in [0.4, 0.5) is 0 Å². The van der Waals surface area contributed by atoms with Crippen molar-refractivity contribution in [3.05, 3.63) is 63.1 Å². The van der Waals surface area contributed by atoms with Crippen LogP contribution >= 0.6 is 23.2 Å². The van der Waals surface area contributed by atoms with Crippen LogP contribution in [0, 0.1) is 0 Å². The standard InChI is InChI=1S/C25H26Cl2N2O6/c1-33-19-6-4-16(14-20(19)34-2)23(30)21-22(15-3-5-17(26)18(27)13-15)29(25(32)24(21)31)8-7-28-9-11-35-12-10-28/h3-6,13-14,22,30H,7-12H2,1-2H3/b23-21+. The smallest absolute Gasteiger partial charge is 0.295 e. The van der Waals surface area contributed by atoms with Crippen LogP contribution in [0.5, 0.6) is 11.5 Å². The molecule has 1 atom stereocenters. The summed E-state index contributed by atoms with van der Waals surface area (Å²) in [5, 5.41) is 14.3. The van der Waals surface area contributed by atoms with E-state index in [0.717, 1.165) is 13.1 Å². The van der Waals surface area contributed by atoms with Gasteiger partial charge in [-0.05, 0) is 35.4 Å². The molecule has 2 fully saturated rings. The van der Waals surface area contributed by atoms with Crippen LogP contribution in [-0.4, -0.2) is 70.2 Å². The van der Waals surface area contributed by atoms with Crippen molar-refractivity contribution in [2.24, 2.45) is 0 Å². The molecule has 8 nitrogen and oxygen atoms in total. The molecule has 2 saturated heterocycles. The highest BCUT2D eigenvalue weighted by Gasteiger charge is 2.44. The lowest BCUT2D eigenvalue weighted by atomic mass is 9.95. The number of Topliss-reactive ketones (excluding diaryl/α,β-unsaturated/α-hetero) is 1. The largest absolute Gasteiger partial charge is 0.872 e. The van der Waals surface area contributed by atoms with Crippen LogP contribution in [0.3, 0.4) is 0 Å². The summed E-state index contributed by atoms with van der Waals surface area (Å²) < 4.78 is 16.0. The zero-order valence-corrected chi connectivity index (χ0v) is 20.9. The van der Waals surface area contributed by atoms with E-state index in [0.29, 0.717) is 48.4 Å². The van der Waals surface area contributed by atoms with Crippen LogP contribution in [0.2, 0.25) is 10.0 Å². The van der Waals surface area contributed by atoms with Crippen LogP contribution in [-0.2, 0) is 14.3 Å². The molecule has 2 aliphatic rings. The van der Waals surface area contributed by atoms with Gasteiger partial charge in [0, 0.05) is 5.57 Å². The summed E-state index contributed by atoms with van der Waals surface area (Å²) in [6, 6.07) is 8.61. The maximum Gasteiger partial charge on any atom is 0.295 e. The molecule has 2 aromatic carbocycles. The molecule has 2 aromatic rings. The molecule has 0 spiro atoms. The molecule has 2 aliphatic heterocycles. The van der Waals surface area contributed by atoms with E-state index >= 15 is 0 Å². The topological polar surface area (TPSA) is 92.6 Å². The van der Waals surface area contributed by atoms with Gasteiger partial charge in [0.25, 0.3) is 5.91 Å². The number of benzene rings is 2. The minimum atomic E-state index is -0.884. The van der Waals surface area contributed by atoms with Gasteiger partial charge < -0.3 is 29.1 Å². The number of nitrogens with one attached hydrogen (secondary N) is 1. The Kier molecular flexibility index (Phi) is 7.86. The molecule has 0 radical (unpaired) electrons. The molecular formula is C25H26Cl2N2O6. The third-order valence-corrected chi connectivity index (χ3v) is 7.08. The Bertz CT molecular complexity index is 1160. The summed E-state index contributed by atoms with van der Waals surface area (Å²) in [5.74, 6) is -1.30. The number of ketones is 1. The molecule has 0 bridgehead atoms. The molecule has 1 N–H and O–H groups in total. The van der Waals surface area contributed by atoms with Gasteiger partial charge in [-0.15, -0.1) is 0 Å². The Balaban J connectivity index is 1.78. The lowest BCUT2D eigenvalue weighted by Gasteiger charge is -2.30. The van der Waals surface area contributed by atoms with Crippen molar-refractivity contribution in [2.75, 3.05) is 53.6 Å². The monoisotopic (exact) mass is 520 g/mol. The van der Waals surface area contributed by atoms with Crippen molar-refractivity contribution in [1.82, 2.24) is 4.90 Å². The van der Waals surface area contributed by atoms with Gasteiger partial charge in [-0.3, -0.25) is 9.59 Å². The normalized spacial score (nSPS) is 20.3. The van der Waals surface area contributed by atoms with Crippen molar-refractivity contribution in [3.63, 3.8) is 0 Å². The first-order valence-corrected chi connectivity index (χ1v) is 12.0. The van der Waals surface area contributed by atoms with Crippen LogP contribution < -0.4 is 19.5 Å². The number of ether oxygens (including phenoxy) is 3. The number of methoxy groups -OCH3 is 2. The van der Waals surface area contributed by atoms with Crippen molar-refractivity contribution in [2.45, 2.75) is 6.04 Å². The zero-order chi connectivity index (χ0) is 25.1. The number of likely N-dealkylation sites (tertiary alicyclic amines) is 1. The SMILES string of the molecule is COc1ccc(/C([O-])=C2\C(=O)C(=O)N(CC[NH+]3CCOCC3)C2c2ccc(Cl)c(Cl)c2)cc1OC.